The minimum atomic E-state index is -0.540. The van der Waals surface area contributed by atoms with E-state index in [1.807, 2.05) is 48.5 Å². The van der Waals surface area contributed by atoms with E-state index in [1.54, 1.807) is 24.3 Å². The van der Waals surface area contributed by atoms with E-state index in [-0.39, 0.29) is 17.2 Å². The van der Waals surface area contributed by atoms with Crippen LogP contribution in [0.1, 0.15) is 5.76 Å². The molecule has 0 aliphatic heterocycles. The van der Waals surface area contributed by atoms with Crippen molar-refractivity contribution in [2.24, 2.45) is 0 Å². The van der Waals surface area contributed by atoms with Crippen molar-refractivity contribution in [1.29, 1.82) is 5.26 Å². The fourth-order valence-electron chi connectivity index (χ4n) is 3.01. The van der Waals surface area contributed by atoms with E-state index in [0.717, 1.165) is 15.7 Å². The quantitative estimate of drug-likeness (QED) is 0.361. The van der Waals surface area contributed by atoms with Gasteiger partial charge in [0, 0.05) is 10.3 Å². The van der Waals surface area contributed by atoms with Gasteiger partial charge in [-0.3, -0.25) is 9.59 Å². The van der Waals surface area contributed by atoms with Gasteiger partial charge in [0.2, 0.25) is 5.76 Å². The predicted octanol–water partition coefficient (Wildman–Crippen LogP) is 4.73. The number of para-hydroxylation sites is 1. The third-order valence-corrected chi connectivity index (χ3v) is 5.37. The Hall–Kier alpha value is -3.76. The first kappa shape index (κ1) is 19.6. The van der Waals surface area contributed by atoms with E-state index in [4.69, 9.17) is 9.15 Å². The van der Waals surface area contributed by atoms with Crippen molar-refractivity contribution in [3.8, 4) is 6.07 Å². The molecular weight excluding hydrogens is 400 g/mol. The first-order valence-electron chi connectivity index (χ1n) is 9.13. The molecule has 3 aromatic carbocycles. The number of carbonyl (C=O) groups excluding carboxylic acids is 2. The van der Waals surface area contributed by atoms with Crippen molar-refractivity contribution in [2.45, 2.75) is 4.90 Å². The lowest BCUT2D eigenvalue weighted by molar-refractivity contribution is -0.144. The Labute approximate surface area is 176 Å². The van der Waals surface area contributed by atoms with Gasteiger partial charge < -0.3 is 14.5 Å². The van der Waals surface area contributed by atoms with Gasteiger partial charge >= 0.3 is 5.97 Å². The Morgan fingerprint density at radius 3 is 2.63 bits per heavy atom. The van der Waals surface area contributed by atoms with E-state index < -0.39 is 18.5 Å². The maximum atomic E-state index is 12.2. The summed E-state index contributed by atoms with van der Waals surface area (Å²) in [5.41, 5.74) is 0.771. The highest BCUT2D eigenvalue weighted by Crippen LogP contribution is 2.30. The third-order valence-electron chi connectivity index (χ3n) is 4.40. The summed E-state index contributed by atoms with van der Waals surface area (Å²) >= 11 is 1.34. The third kappa shape index (κ3) is 4.29. The number of ether oxygens (including phenoxy) is 1. The van der Waals surface area contributed by atoms with E-state index in [9.17, 15) is 14.9 Å². The number of fused-ring (bicyclic) bond motifs is 2. The van der Waals surface area contributed by atoms with Crippen LogP contribution in [0.5, 0.6) is 0 Å². The molecule has 148 valence electrons. The molecule has 4 aromatic rings. The fourth-order valence-corrected chi connectivity index (χ4v) is 3.75. The van der Waals surface area contributed by atoms with Crippen molar-refractivity contribution in [2.75, 3.05) is 17.7 Å². The van der Waals surface area contributed by atoms with Crippen LogP contribution in [-0.2, 0) is 14.3 Å². The largest absolute Gasteiger partial charge is 0.455 e. The Morgan fingerprint density at radius 2 is 1.80 bits per heavy atom. The topological polar surface area (TPSA) is 92.3 Å². The summed E-state index contributed by atoms with van der Waals surface area (Å²) in [5.74, 6) is -0.949. The average molecular weight is 416 g/mol. The Bertz CT molecular complexity index is 1290. The smallest absolute Gasteiger partial charge is 0.316 e. The van der Waals surface area contributed by atoms with Crippen LogP contribution in [0.2, 0.25) is 0 Å². The highest BCUT2D eigenvalue weighted by atomic mass is 32.2. The summed E-state index contributed by atoms with van der Waals surface area (Å²) in [6, 6.07) is 22.8. The molecule has 0 fully saturated rings. The van der Waals surface area contributed by atoms with Crippen LogP contribution in [0.4, 0.5) is 5.69 Å². The minimum Gasteiger partial charge on any atom is -0.455 e. The summed E-state index contributed by atoms with van der Waals surface area (Å²) in [6.07, 6.45) is 0. The van der Waals surface area contributed by atoms with Crippen LogP contribution in [0.3, 0.4) is 0 Å². The molecule has 0 spiro atoms. The van der Waals surface area contributed by atoms with Crippen molar-refractivity contribution in [1.82, 2.24) is 0 Å². The normalized spacial score (nSPS) is 10.6. The van der Waals surface area contributed by atoms with Crippen LogP contribution in [0.25, 0.3) is 21.7 Å². The van der Waals surface area contributed by atoms with Crippen LogP contribution in [0.15, 0.2) is 76.0 Å². The molecule has 7 heteroatoms. The number of nitrogens with one attached hydrogen (secondary N) is 1. The van der Waals surface area contributed by atoms with Crippen molar-refractivity contribution < 1.29 is 18.7 Å². The van der Waals surface area contributed by atoms with Crippen molar-refractivity contribution in [3.05, 3.63) is 72.5 Å². The van der Waals surface area contributed by atoms with Crippen molar-refractivity contribution >= 4 is 51.1 Å². The predicted molar refractivity (Wildman–Crippen MR) is 115 cm³/mol. The monoisotopic (exact) mass is 416 g/mol. The number of esters is 1. The molecule has 0 saturated heterocycles. The van der Waals surface area contributed by atoms with E-state index in [1.165, 1.54) is 11.8 Å². The van der Waals surface area contributed by atoms with Crippen LogP contribution >= 0.6 is 11.8 Å². The second-order valence-electron chi connectivity index (χ2n) is 6.42. The average Bonchev–Trinajstić information content (AvgIpc) is 3.13. The number of rotatable bonds is 6. The summed E-state index contributed by atoms with van der Waals surface area (Å²) in [6.45, 7) is -0.443. The molecule has 4 rings (SSSR count). The number of thioether (sulfide) groups is 1. The number of nitriles is 1. The molecule has 0 saturated carbocycles. The number of amides is 1. The second-order valence-corrected chi connectivity index (χ2v) is 7.47. The molecule has 0 radical (unpaired) electrons. The van der Waals surface area contributed by atoms with E-state index >= 15 is 0 Å². The zero-order valence-electron chi connectivity index (χ0n) is 15.8. The lowest BCUT2D eigenvalue weighted by Gasteiger charge is -2.06. The molecule has 1 heterocycles. The van der Waals surface area contributed by atoms with Gasteiger partial charge in [0.25, 0.3) is 5.91 Å². The molecule has 0 bridgehead atoms. The molecule has 0 aliphatic carbocycles. The van der Waals surface area contributed by atoms with Gasteiger partial charge in [0.05, 0.1) is 5.75 Å². The van der Waals surface area contributed by atoms with Gasteiger partial charge in [-0.1, -0.05) is 42.5 Å². The summed E-state index contributed by atoms with van der Waals surface area (Å²) in [7, 11) is 0. The molecule has 6 nitrogen and oxygen atoms in total. The van der Waals surface area contributed by atoms with Crippen molar-refractivity contribution in [3.63, 3.8) is 0 Å². The summed E-state index contributed by atoms with van der Waals surface area (Å²) < 4.78 is 10.5. The maximum absolute atomic E-state index is 12.2. The standard InChI is InChI=1S/C23H16N2O4S/c24-12-20-23(18-7-3-4-8-19(18)29-20)25-21(26)13-28-22(27)14-30-17-10-9-15-5-1-2-6-16(15)11-17/h1-11H,13-14H2,(H,25,26). The summed E-state index contributed by atoms with van der Waals surface area (Å²) in [5, 5.41) is 14.6. The number of benzene rings is 3. The van der Waals surface area contributed by atoms with Crippen LogP contribution < -0.4 is 5.32 Å². The minimum absolute atomic E-state index is 0.00253. The number of carbonyl (C=O) groups is 2. The van der Waals surface area contributed by atoms with Gasteiger partial charge in [-0.05, 0) is 35.0 Å². The number of furan rings is 1. The highest BCUT2D eigenvalue weighted by Gasteiger charge is 2.17. The molecule has 1 aromatic heterocycles. The number of anilines is 1. The molecule has 0 aliphatic rings. The van der Waals surface area contributed by atoms with Crippen LogP contribution in [-0.4, -0.2) is 24.2 Å². The molecular formula is C23H16N2O4S. The van der Waals surface area contributed by atoms with E-state index in [2.05, 4.69) is 5.32 Å². The molecule has 0 atom stereocenters. The maximum Gasteiger partial charge on any atom is 0.316 e. The lowest BCUT2D eigenvalue weighted by Crippen LogP contribution is -2.21. The molecule has 1 N–H and O–H groups in total. The Morgan fingerprint density at radius 1 is 1.03 bits per heavy atom. The zero-order valence-corrected chi connectivity index (χ0v) is 16.6. The number of hydrogen-bond donors (Lipinski definition) is 1. The fraction of sp³-hybridized carbons (Fsp3) is 0.0870. The Balaban J connectivity index is 1.31. The SMILES string of the molecule is N#Cc1oc2ccccc2c1NC(=O)COC(=O)CSc1ccc2ccccc2c1. The van der Waals surface area contributed by atoms with Gasteiger partial charge in [0.15, 0.2) is 6.61 Å². The first-order chi connectivity index (χ1) is 14.6. The molecule has 1 amide bonds. The molecule has 30 heavy (non-hydrogen) atoms. The van der Waals surface area contributed by atoms with E-state index in [0.29, 0.717) is 11.0 Å². The summed E-state index contributed by atoms with van der Waals surface area (Å²) in [4.78, 5) is 25.2. The zero-order chi connectivity index (χ0) is 20.9. The lowest BCUT2D eigenvalue weighted by atomic mass is 10.1. The Kier molecular flexibility index (Phi) is 5.68. The highest BCUT2D eigenvalue weighted by molar-refractivity contribution is 8.00. The van der Waals surface area contributed by atoms with Gasteiger partial charge in [0.1, 0.15) is 17.3 Å². The van der Waals surface area contributed by atoms with Gasteiger partial charge in [-0.25, -0.2) is 0 Å². The second kappa shape index (κ2) is 8.72. The molecule has 0 unspecified atom stereocenters. The van der Waals surface area contributed by atoms with Crippen LogP contribution in [0, 0.1) is 11.3 Å². The van der Waals surface area contributed by atoms with Gasteiger partial charge in [-0.2, -0.15) is 5.26 Å². The van der Waals surface area contributed by atoms with Gasteiger partial charge in [-0.15, -0.1) is 11.8 Å². The number of nitrogens with zero attached hydrogens (tertiary/aromatic N) is 1. The first-order valence-corrected chi connectivity index (χ1v) is 10.1. The number of hydrogen-bond acceptors (Lipinski definition) is 6.